The molecule has 0 unspecified atom stereocenters. The number of halogens is 1. The number of carboxylic acid groups (broad SMARTS) is 2. The number of methoxy groups -OCH3 is 1. The van der Waals surface area contributed by atoms with E-state index in [9.17, 15) is 39.3 Å². The van der Waals surface area contributed by atoms with E-state index in [4.69, 9.17) is 21.1 Å². The number of carboxylic acids is 2. The molecule has 14 nitrogen and oxygen atoms in total. The van der Waals surface area contributed by atoms with Crippen molar-refractivity contribution in [2.24, 2.45) is 10.8 Å². The summed E-state index contributed by atoms with van der Waals surface area (Å²) < 4.78 is 14.5. The van der Waals surface area contributed by atoms with Gasteiger partial charge in [0.05, 0.1) is 29.4 Å². The molecule has 0 radical (unpaired) electrons. The molecule has 6 heterocycles. The largest absolute Gasteiger partial charge is 0.505 e. The maximum Gasteiger partial charge on any atom is 0.341 e. The minimum absolute atomic E-state index is 0.0175. The monoisotopic (exact) mass is 774 g/mol. The molecule has 0 spiro atoms. The number of carbonyl (C=O) groups is 2. The van der Waals surface area contributed by atoms with E-state index in [-0.39, 0.29) is 68.1 Å². The smallest absolute Gasteiger partial charge is 0.341 e. The fourth-order valence-corrected chi connectivity index (χ4v) is 9.46. The number of H-pyrrole nitrogens is 1. The van der Waals surface area contributed by atoms with Crippen molar-refractivity contribution < 1.29 is 34.4 Å². The van der Waals surface area contributed by atoms with Gasteiger partial charge in [-0.25, -0.2) is 14.6 Å². The molecule has 2 aliphatic carbocycles. The van der Waals surface area contributed by atoms with Crippen LogP contribution >= 0.6 is 11.6 Å². The zero-order valence-electron chi connectivity index (χ0n) is 31.1. The van der Waals surface area contributed by atoms with Gasteiger partial charge in [0.2, 0.25) is 0 Å². The maximum atomic E-state index is 12.7. The first-order valence-electron chi connectivity index (χ1n) is 18.2. The second kappa shape index (κ2) is 13.8. The van der Waals surface area contributed by atoms with Crippen molar-refractivity contribution in [3.63, 3.8) is 0 Å². The van der Waals surface area contributed by atoms with Crippen LogP contribution in [0.1, 0.15) is 116 Å². The Hall–Kier alpha value is -5.21. The summed E-state index contributed by atoms with van der Waals surface area (Å²) in [6, 6.07) is 6.01. The molecule has 0 amide bonds. The molecule has 4 aromatic rings. The predicted molar refractivity (Wildman–Crippen MR) is 203 cm³/mol. The fourth-order valence-electron chi connectivity index (χ4n) is 9.32. The van der Waals surface area contributed by atoms with E-state index < -0.39 is 22.8 Å². The van der Waals surface area contributed by atoms with Crippen molar-refractivity contribution in [3.05, 3.63) is 94.9 Å². The van der Waals surface area contributed by atoms with Crippen LogP contribution in [0.2, 0.25) is 5.15 Å². The van der Waals surface area contributed by atoms with Crippen molar-refractivity contribution in [2.75, 3.05) is 20.3 Å². The van der Waals surface area contributed by atoms with Gasteiger partial charge >= 0.3 is 11.9 Å². The van der Waals surface area contributed by atoms with Crippen LogP contribution in [0.4, 0.5) is 0 Å². The standard InChI is InChI=1S/C22H26N2O6.C18H17ClN2O4/c1-22(2)6-5-12-13-9-17(30-8-4-7-29-3)20(26)23-18(13)15-10-16(25)14(21(27)28)11-24(15)19(12)22;1-18(2)4-3-8-9-5-13(23)16(19)20-14(9)11-6-12(22)10(17(24)25)7-21(11)15(8)18/h9-12,19H,4-8H2,1-3H3,(H,23,26)(H,27,28);5-8,15,23H,3-4H2,1-2H3,(H,24,25)/t12-,19+;8-,15+/m11/s1. The average molecular weight is 775 g/mol. The fraction of sp³-hybridized carbons (Fsp3) is 0.450. The number of hydrogen-bond donors (Lipinski definition) is 4. The average Bonchev–Trinajstić information content (AvgIpc) is 3.62. The van der Waals surface area contributed by atoms with Gasteiger partial charge in [0, 0.05) is 68.6 Å². The third-order valence-corrected chi connectivity index (χ3v) is 12.1. The minimum atomic E-state index is -1.25. The zero-order chi connectivity index (χ0) is 39.7. The van der Waals surface area contributed by atoms with Gasteiger partial charge in [-0.05, 0) is 59.8 Å². The molecule has 2 aliphatic heterocycles. The summed E-state index contributed by atoms with van der Waals surface area (Å²) in [5.41, 5.74) is 1.78. The van der Waals surface area contributed by atoms with Gasteiger partial charge in [-0.2, -0.15) is 0 Å². The van der Waals surface area contributed by atoms with E-state index in [2.05, 4.69) is 37.7 Å². The molecule has 4 N–H and O–H groups in total. The SMILES string of the molecule is CC1(C)CC[C@@H]2c3cc(O)c(Cl)nc3-c3cc(=O)c(C(=O)O)cn3[C@@H]21.COCCCOc1cc2c([nH]c1=O)-c1cc(=O)c(C(=O)O)cn1[C@H]1[C@@H]2CCC1(C)C. The van der Waals surface area contributed by atoms with Crippen LogP contribution in [-0.4, -0.2) is 66.7 Å². The Bertz CT molecular complexity index is 2430. The van der Waals surface area contributed by atoms with E-state index in [0.717, 1.165) is 36.8 Å². The lowest BCUT2D eigenvalue weighted by Gasteiger charge is -2.39. The van der Waals surface area contributed by atoms with Gasteiger partial charge in [0.15, 0.2) is 27.5 Å². The van der Waals surface area contributed by atoms with Crippen molar-refractivity contribution in [3.8, 4) is 34.3 Å². The third kappa shape index (κ3) is 6.44. The number of ether oxygens (including phenoxy) is 2. The Morgan fingerprint density at radius 1 is 0.855 bits per heavy atom. The second-order valence-corrected chi connectivity index (χ2v) is 16.5. The van der Waals surface area contributed by atoms with E-state index in [1.165, 1.54) is 24.5 Å². The Morgan fingerprint density at radius 2 is 1.40 bits per heavy atom. The quantitative estimate of drug-likeness (QED) is 0.123. The highest BCUT2D eigenvalue weighted by Crippen LogP contribution is 2.60. The Labute approximate surface area is 320 Å². The number of hydrogen-bond acceptors (Lipinski definition) is 9. The van der Waals surface area contributed by atoms with E-state index in [1.807, 2.05) is 9.13 Å². The lowest BCUT2D eigenvalue weighted by Crippen LogP contribution is -2.33. The van der Waals surface area contributed by atoms with Crippen LogP contribution in [-0.2, 0) is 4.74 Å². The number of aromatic carboxylic acids is 2. The molecule has 4 aromatic heterocycles. The van der Waals surface area contributed by atoms with Crippen LogP contribution in [0.3, 0.4) is 0 Å². The minimum Gasteiger partial charge on any atom is -0.505 e. The van der Waals surface area contributed by atoms with E-state index in [1.54, 1.807) is 19.2 Å². The first-order chi connectivity index (χ1) is 25.9. The van der Waals surface area contributed by atoms with E-state index >= 15 is 0 Å². The van der Waals surface area contributed by atoms with Crippen molar-refractivity contribution in [1.82, 2.24) is 19.1 Å². The molecular formula is C40H43ClN4O10. The molecule has 15 heteroatoms. The highest BCUT2D eigenvalue weighted by molar-refractivity contribution is 6.31. The summed E-state index contributed by atoms with van der Waals surface area (Å²) in [6.45, 7) is 9.48. The molecule has 55 heavy (non-hydrogen) atoms. The van der Waals surface area contributed by atoms with Gasteiger partial charge in [-0.15, -0.1) is 0 Å². The van der Waals surface area contributed by atoms with Gasteiger partial charge in [0.25, 0.3) is 5.56 Å². The van der Waals surface area contributed by atoms with Crippen molar-refractivity contribution in [1.29, 1.82) is 0 Å². The molecule has 4 atom stereocenters. The number of fused-ring (bicyclic) bond motifs is 12. The molecule has 0 bridgehead atoms. The highest BCUT2D eigenvalue weighted by atomic mass is 35.5. The molecule has 2 fully saturated rings. The van der Waals surface area contributed by atoms with Crippen LogP contribution in [0.25, 0.3) is 22.8 Å². The number of aromatic amines is 1. The summed E-state index contributed by atoms with van der Waals surface area (Å²) >= 11 is 5.99. The first kappa shape index (κ1) is 38.1. The van der Waals surface area contributed by atoms with Gasteiger partial charge < -0.3 is 38.9 Å². The van der Waals surface area contributed by atoms with Crippen LogP contribution in [0, 0.1) is 10.8 Å². The highest BCUT2D eigenvalue weighted by Gasteiger charge is 2.49. The molecule has 0 aromatic carbocycles. The normalized spacial score (nSPS) is 21.8. The van der Waals surface area contributed by atoms with Crippen LogP contribution in [0.15, 0.2) is 51.0 Å². The topological polar surface area (TPSA) is 203 Å². The zero-order valence-corrected chi connectivity index (χ0v) is 31.9. The van der Waals surface area contributed by atoms with Gasteiger partial charge in [0.1, 0.15) is 11.1 Å². The number of aromatic hydroxyl groups is 1. The number of nitrogens with zero attached hydrogens (tertiary/aromatic N) is 3. The number of pyridine rings is 4. The number of rotatable bonds is 7. The maximum absolute atomic E-state index is 12.7. The Morgan fingerprint density at radius 3 is 1.96 bits per heavy atom. The lowest BCUT2D eigenvalue weighted by molar-refractivity contribution is 0.0683. The number of nitrogens with one attached hydrogen (secondary N) is 1. The first-order valence-corrected chi connectivity index (χ1v) is 18.6. The Kier molecular flexibility index (Phi) is 9.57. The molecule has 0 saturated heterocycles. The third-order valence-electron chi connectivity index (χ3n) is 11.9. The molecule has 2 saturated carbocycles. The summed E-state index contributed by atoms with van der Waals surface area (Å²) in [6.07, 6.45) is 7.20. The molecule has 4 aliphatic rings. The van der Waals surface area contributed by atoms with E-state index in [0.29, 0.717) is 42.4 Å². The molecule has 8 rings (SSSR count). The molecular weight excluding hydrogens is 732 g/mol. The molecule has 290 valence electrons. The predicted octanol–water partition coefficient (Wildman–Crippen LogP) is 6.20. The van der Waals surface area contributed by atoms with Gasteiger partial charge in [-0.1, -0.05) is 39.3 Å². The second-order valence-electron chi connectivity index (χ2n) is 16.2. The summed E-state index contributed by atoms with van der Waals surface area (Å²) in [4.78, 5) is 67.5. The number of aromatic nitrogens is 4. The van der Waals surface area contributed by atoms with Crippen molar-refractivity contribution in [2.45, 2.75) is 83.7 Å². The van der Waals surface area contributed by atoms with Crippen LogP contribution < -0.4 is 21.2 Å². The summed E-state index contributed by atoms with van der Waals surface area (Å²) in [7, 11) is 1.61. The van der Waals surface area contributed by atoms with Gasteiger partial charge in [-0.3, -0.25) is 14.4 Å². The summed E-state index contributed by atoms with van der Waals surface area (Å²) in [5, 5.41) is 28.7. The Balaban J connectivity index is 0.000000172. The lowest BCUT2D eigenvalue weighted by atomic mass is 9.79. The van der Waals surface area contributed by atoms with Crippen LogP contribution in [0.5, 0.6) is 11.5 Å². The van der Waals surface area contributed by atoms with Crippen molar-refractivity contribution >= 4 is 23.5 Å². The summed E-state index contributed by atoms with van der Waals surface area (Å²) in [5.74, 6) is -2.15.